The second-order valence-corrected chi connectivity index (χ2v) is 5.23. The molecular weight excluding hydrogens is 228 g/mol. The summed E-state index contributed by atoms with van der Waals surface area (Å²) in [6, 6.07) is 6.03. The fraction of sp³-hybridized carbons (Fsp3) is 0.429. The van der Waals surface area contributed by atoms with Crippen molar-refractivity contribution in [2.45, 2.75) is 40.2 Å². The molecule has 98 valence electrons. The van der Waals surface area contributed by atoms with Crippen molar-refractivity contribution in [3.8, 4) is 0 Å². The van der Waals surface area contributed by atoms with E-state index in [0.29, 0.717) is 0 Å². The first-order valence-corrected chi connectivity index (χ1v) is 5.87. The molecule has 4 nitrogen and oxygen atoms in total. The number of hydrazone groups is 1. The summed E-state index contributed by atoms with van der Waals surface area (Å²) in [6.07, 6.45) is 1.06. The number of rotatable bonds is 2. The summed E-state index contributed by atoms with van der Waals surface area (Å²) >= 11 is 0. The van der Waals surface area contributed by atoms with E-state index in [4.69, 9.17) is 4.74 Å². The number of nitrogens with zero attached hydrogens (tertiary/aromatic N) is 1. The zero-order valence-corrected chi connectivity index (χ0v) is 11.6. The predicted molar refractivity (Wildman–Crippen MR) is 72.9 cm³/mol. The normalized spacial score (nSPS) is 11.6. The highest BCUT2D eigenvalue weighted by Gasteiger charge is 2.15. The van der Waals surface area contributed by atoms with Gasteiger partial charge in [0, 0.05) is 0 Å². The average molecular weight is 248 g/mol. The highest BCUT2D eigenvalue weighted by atomic mass is 16.6. The van der Waals surface area contributed by atoms with Crippen LogP contribution in [0.2, 0.25) is 0 Å². The van der Waals surface area contributed by atoms with Crippen LogP contribution in [-0.2, 0) is 4.74 Å². The van der Waals surface area contributed by atoms with Crippen molar-refractivity contribution < 1.29 is 9.53 Å². The number of carbonyl (C=O) groups excluding carboxylic acids is 1. The number of ether oxygens (including phenoxy) is 1. The van der Waals surface area contributed by atoms with E-state index in [0.717, 1.165) is 11.1 Å². The maximum atomic E-state index is 11.3. The quantitative estimate of drug-likeness (QED) is 0.645. The molecule has 0 unspecified atom stereocenters. The Morgan fingerprint density at radius 2 is 2.00 bits per heavy atom. The molecule has 0 aliphatic carbocycles. The van der Waals surface area contributed by atoms with Crippen molar-refractivity contribution in [1.29, 1.82) is 0 Å². The molecule has 1 rings (SSSR count). The second kappa shape index (κ2) is 5.67. The Labute approximate surface area is 108 Å². The zero-order chi connectivity index (χ0) is 13.8. The Bertz CT molecular complexity index is 459. The maximum absolute atomic E-state index is 11.3. The fourth-order valence-electron chi connectivity index (χ4n) is 1.43. The minimum atomic E-state index is -0.552. The molecule has 4 heteroatoms. The first kappa shape index (κ1) is 14.2. The van der Waals surface area contributed by atoms with Crippen LogP contribution in [0.4, 0.5) is 4.79 Å². The first-order chi connectivity index (χ1) is 8.28. The fourth-order valence-corrected chi connectivity index (χ4v) is 1.43. The summed E-state index contributed by atoms with van der Waals surface area (Å²) in [7, 11) is 0. The van der Waals surface area contributed by atoms with Crippen molar-refractivity contribution >= 4 is 12.3 Å². The number of aryl methyl sites for hydroxylation is 2. The van der Waals surface area contributed by atoms with Crippen molar-refractivity contribution in [1.82, 2.24) is 5.43 Å². The molecule has 18 heavy (non-hydrogen) atoms. The van der Waals surface area contributed by atoms with Crippen molar-refractivity contribution in [3.05, 3.63) is 34.9 Å². The van der Waals surface area contributed by atoms with E-state index in [1.54, 1.807) is 27.0 Å². The number of carbonyl (C=O) groups is 1. The summed E-state index contributed by atoms with van der Waals surface area (Å²) in [6.45, 7) is 9.45. The molecule has 0 saturated carbocycles. The van der Waals surface area contributed by atoms with E-state index in [1.165, 1.54) is 5.56 Å². The number of benzene rings is 1. The molecule has 0 fully saturated rings. The Hall–Kier alpha value is -1.84. The standard InChI is InChI=1S/C14H20N2O2/c1-10-6-7-12(11(2)8-10)9-15-16-13(17)18-14(3,4)5/h6-9H,1-5H3,(H,16,17)/b15-9-. The van der Waals surface area contributed by atoms with Gasteiger partial charge in [-0.1, -0.05) is 23.8 Å². The number of hydrogen-bond donors (Lipinski definition) is 1. The minimum absolute atomic E-state index is 0.515. The lowest BCUT2D eigenvalue weighted by molar-refractivity contribution is 0.0529. The van der Waals surface area contributed by atoms with Crippen LogP contribution in [-0.4, -0.2) is 17.9 Å². The second-order valence-electron chi connectivity index (χ2n) is 5.23. The molecule has 1 amide bonds. The van der Waals surface area contributed by atoms with Gasteiger partial charge in [0.2, 0.25) is 0 Å². The van der Waals surface area contributed by atoms with Crippen LogP contribution in [0.5, 0.6) is 0 Å². The molecule has 0 bridgehead atoms. The smallest absolute Gasteiger partial charge is 0.428 e. The van der Waals surface area contributed by atoms with Crippen molar-refractivity contribution in [2.75, 3.05) is 0 Å². The van der Waals surface area contributed by atoms with E-state index in [9.17, 15) is 4.79 Å². The molecule has 1 aromatic rings. The topological polar surface area (TPSA) is 50.7 Å². The largest absolute Gasteiger partial charge is 0.443 e. The molecule has 0 aliphatic rings. The summed E-state index contributed by atoms with van der Waals surface area (Å²) in [5.41, 5.74) is 5.11. The van der Waals surface area contributed by atoms with E-state index < -0.39 is 11.7 Å². The lowest BCUT2D eigenvalue weighted by Gasteiger charge is -2.18. The van der Waals surface area contributed by atoms with Crippen LogP contribution in [0, 0.1) is 13.8 Å². The van der Waals surface area contributed by atoms with E-state index in [1.807, 2.05) is 26.0 Å². The lowest BCUT2D eigenvalue weighted by Crippen LogP contribution is -2.29. The van der Waals surface area contributed by atoms with Gasteiger partial charge in [-0.2, -0.15) is 5.10 Å². The van der Waals surface area contributed by atoms with Crippen molar-refractivity contribution in [2.24, 2.45) is 5.10 Å². The summed E-state index contributed by atoms with van der Waals surface area (Å²) in [5, 5.41) is 3.87. The maximum Gasteiger partial charge on any atom is 0.428 e. The van der Waals surface area contributed by atoms with Crippen LogP contribution >= 0.6 is 0 Å². The molecular formula is C14H20N2O2. The zero-order valence-electron chi connectivity index (χ0n) is 11.6. The lowest BCUT2D eigenvalue weighted by atomic mass is 10.1. The van der Waals surface area contributed by atoms with E-state index >= 15 is 0 Å². The average Bonchev–Trinajstić information content (AvgIpc) is 2.18. The Kier molecular flexibility index (Phi) is 4.48. The minimum Gasteiger partial charge on any atom is -0.443 e. The van der Waals surface area contributed by atoms with Crippen molar-refractivity contribution in [3.63, 3.8) is 0 Å². The monoisotopic (exact) mass is 248 g/mol. The van der Waals surface area contributed by atoms with Gasteiger partial charge in [-0.15, -0.1) is 0 Å². The van der Waals surface area contributed by atoms with Gasteiger partial charge in [0.05, 0.1) is 6.21 Å². The van der Waals surface area contributed by atoms with Crippen LogP contribution < -0.4 is 5.43 Å². The van der Waals surface area contributed by atoms with Crippen LogP contribution in [0.1, 0.15) is 37.5 Å². The third kappa shape index (κ3) is 4.99. The highest BCUT2D eigenvalue weighted by molar-refractivity contribution is 5.82. The van der Waals surface area contributed by atoms with Gasteiger partial charge >= 0.3 is 6.09 Å². The Balaban J connectivity index is 2.58. The number of hydrogen-bond acceptors (Lipinski definition) is 3. The van der Waals surface area contributed by atoms with Gasteiger partial charge in [-0.25, -0.2) is 10.2 Å². The molecule has 0 spiro atoms. The van der Waals surface area contributed by atoms with Gasteiger partial charge in [0.25, 0.3) is 0 Å². The van der Waals surface area contributed by atoms with E-state index in [2.05, 4.69) is 16.6 Å². The van der Waals surface area contributed by atoms with Crippen LogP contribution in [0.15, 0.2) is 23.3 Å². The van der Waals surface area contributed by atoms with Gasteiger partial charge in [-0.05, 0) is 45.7 Å². The third-order valence-electron chi connectivity index (χ3n) is 2.18. The molecule has 0 saturated heterocycles. The SMILES string of the molecule is Cc1ccc(/C=N\NC(=O)OC(C)(C)C)c(C)c1. The predicted octanol–water partition coefficient (Wildman–Crippen LogP) is 3.16. The summed E-state index contributed by atoms with van der Waals surface area (Å²) in [4.78, 5) is 11.3. The van der Waals surface area contributed by atoms with Gasteiger partial charge < -0.3 is 4.74 Å². The molecule has 0 heterocycles. The Morgan fingerprint density at radius 1 is 1.33 bits per heavy atom. The first-order valence-electron chi connectivity index (χ1n) is 5.87. The molecule has 0 aliphatic heterocycles. The van der Waals surface area contributed by atoms with Gasteiger partial charge in [0.15, 0.2) is 0 Å². The molecule has 1 N–H and O–H groups in total. The number of nitrogens with one attached hydrogen (secondary N) is 1. The van der Waals surface area contributed by atoms with Crippen LogP contribution in [0.3, 0.4) is 0 Å². The molecule has 0 aromatic heterocycles. The van der Waals surface area contributed by atoms with Gasteiger partial charge in [-0.3, -0.25) is 0 Å². The molecule has 0 atom stereocenters. The Morgan fingerprint density at radius 3 is 2.56 bits per heavy atom. The highest BCUT2D eigenvalue weighted by Crippen LogP contribution is 2.08. The summed E-state index contributed by atoms with van der Waals surface area (Å²) in [5.74, 6) is 0. The molecule has 1 aromatic carbocycles. The molecule has 0 radical (unpaired) electrons. The number of amides is 1. The van der Waals surface area contributed by atoms with Gasteiger partial charge in [0.1, 0.15) is 5.60 Å². The van der Waals surface area contributed by atoms with Crippen LogP contribution in [0.25, 0.3) is 0 Å². The summed E-state index contributed by atoms with van der Waals surface area (Å²) < 4.78 is 5.06. The van der Waals surface area contributed by atoms with E-state index in [-0.39, 0.29) is 0 Å². The third-order valence-corrected chi connectivity index (χ3v) is 2.18.